The summed E-state index contributed by atoms with van der Waals surface area (Å²) in [5.74, 6) is 1.19. The molecule has 6 aromatic rings. The van der Waals surface area contributed by atoms with E-state index in [1.165, 1.54) is 23.0 Å². The SMILES string of the molecule is CCOc1cc(C)c(-c2nc3ccccc3c(=O)n2N=Cc2cc(Cl)c(OCc3cccc4ccccc34)c([N+](=O)[O-])c2)cc1C(C)C. The van der Waals surface area contributed by atoms with Crippen LogP contribution in [0.2, 0.25) is 5.02 Å². The number of fused-ring (bicyclic) bond motifs is 2. The van der Waals surface area contributed by atoms with Gasteiger partial charge >= 0.3 is 5.69 Å². The second-order valence-corrected chi connectivity index (χ2v) is 12.0. The van der Waals surface area contributed by atoms with E-state index in [9.17, 15) is 14.9 Å². The van der Waals surface area contributed by atoms with Gasteiger partial charge in [-0.25, -0.2) is 4.98 Å². The lowest BCUT2D eigenvalue weighted by Crippen LogP contribution is -2.21. The largest absolute Gasteiger partial charge is 0.494 e. The normalized spacial score (nSPS) is 11.5. The van der Waals surface area contributed by atoms with Crippen LogP contribution in [-0.2, 0) is 6.61 Å². The van der Waals surface area contributed by atoms with Crippen LogP contribution in [0.15, 0.2) is 101 Å². The highest BCUT2D eigenvalue weighted by Gasteiger charge is 2.22. The van der Waals surface area contributed by atoms with E-state index >= 15 is 0 Å². The molecule has 5 aromatic carbocycles. The number of aromatic nitrogens is 2. The molecule has 0 fully saturated rings. The molecule has 0 saturated heterocycles. The van der Waals surface area contributed by atoms with E-state index < -0.39 is 4.92 Å². The molecular weight excluding hydrogens is 628 g/mol. The van der Waals surface area contributed by atoms with E-state index in [2.05, 4.69) is 18.9 Å². The van der Waals surface area contributed by atoms with Gasteiger partial charge in [-0.15, -0.1) is 0 Å². The van der Waals surface area contributed by atoms with Gasteiger partial charge in [0.05, 0.1) is 33.7 Å². The van der Waals surface area contributed by atoms with Crippen LogP contribution in [0.25, 0.3) is 33.1 Å². The van der Waals surface area contributed by atoms with Crippen LogP contribution >= 0.6 is 11.6 Å². The Kier molecular flexibility index (Phi) is 9.23. The van der Waals surface area contributed by atoms with Crippen LogP contribution in [0.3, 0.4) is 0 Å². The predicted octanol–water partition coefficient (Wildman–Crippen LogP) is 9.07. The minimum atomic E-state index is -0.548. The molecule has 0 atom stereocenters. The number of hydrogen-bond acceptors (Lipinski definition) is 7. The van der Waals surface area contributed by atoms with Crippen molar-refractivity contribution < 1.29 is 14.4 Å². The molecule has 0 amide bonds. The number of ether oxygens (including phenoxy) is 2. The van der Waals surface area contributed by atoms with Crippen molar-refractivity contribution in [2.24, 2.45) is 5.10 Å². The fourth-order valence-corrected chi connectivity index (χ4v) is 6.00. The quantitative estimate of drug-likeness (QED) is 0.0824. The molecule has 242 valence electrons. The van der Waals surface area contributed by atoms with Crippen molar-refractivity contribution in [3.05, 3.63) is 139 Å². The van der Waals surface area contributed by atoms with E-state index in [4.69, 9.17) is 26.1 Å². The molecule has 0 aliphatic rings. The Morgan fingerprint density at radius 1 is 0.979 bits per heavy atom. The Morgan fingerprint density at radius 2 is 1.71 bits per heavy atom. The number of para-hydroxylation sites is 1. The van der Waals surface area contributed by atoms with Crippen LogP contribution in [0.5, 0.6) is 11.5 Å². The third-order valence-corrected chi connectivity index (χ3v) is 8.37. The standard InChI is InChI=1S/C38H33ClN4O5/c1-5-47-35-17-24(4)31(20-30(35)23(2)3)37-41-33-16-9-8-15-29(33)38(44)42(37)40-21-25-18-32(39)36(34(19-25)43(45)46)48-22-27-13-10-12-26-11-6-7-14-28(26)27/h6-21,23H,5,22H2,1-4H3. The van der Waals surface area contributed by atoms with Crippen LogP contribution in [0, 0.1) is 17.0 Å². The molecule has 0 spiro atoms. The van der Waals surface area contributed by atoms with E-state index in [0.29, 0.717) is 34.5 Å². The molecule has 1 aromatic heterocycles. The zero-order chi connectivity index (χ0) is 33.9. The second-order valence-electron chi connectivity index (χ2n) is 11.6. The number of nitro groups is 1. The van der Waals surface area contributed by atoms with Crippen molar-refractivity contribution in [1.29, 1.82) is 0 Å². The van der Waals surface area contributed by atoms with Gasteiger partial charge in [-0.1, -0.05) is 80.0 Å². The van der Waals surface area contributed by atoms with Gasteiger partial charge in [0.1, 0.15) is 12.4 Å². The number of halogens is 1. The van der Waals surface area contributed by atoms with Gasteiger partial charge in [0.2, 0.25) is 5.75 Å². The molecule has 6 rings (SSSR count). The zero-order valence-electron chi connectivity index (χ0n) is 26.9. The first-order valence-corrected chi connectivity index (χ1v) is 15.9. The summed E-state index contributed by atoms with van der Waals surface area (Å²) in [5.41, 5.74) is 3.51. The lowest BCUT2D eigenvalue weighted by molar-refractivity contribution is -0.385. The fourth-order valence-electron chi connectivity index (χ4n) is 5.72. The average molecular weight is 661 g/mol. The Labute approximate surface area is 282 Å². The summed E-state index contributed by atoms with van der Waals surface area (Å²) in [7, 11) is 0. The summed E-state index contributed by atoms with van der Waals surface area (Å²) in [4.78, 5) is 30.4. The smallest absolute Gasteiger partial charge is 0.313 e. The van der Waals surface area contributed by atoms with Crippen LogP contribution in [0.4, 0.5) is 5.69 Å². The molecule has 0 aliphatic heterocycles. The van der Waals surface area contributed by atoms with Gasteiger partial charge in [-0.3, -0.25) is 14.9 Å². The number of benzene rings is 5. The maximum Gasteiger partial charge on any atom is 0.313 e. The first kappa shape index (κ1) is 32.4. The second kappa shape index (κ2) is 13.7. The summed E-state index contributed by atoms with van der Waals surface area (Å²) >= 11 is 6.61. The third kappa shape index (κ3) is 6.37. The van der Waals surface area contributed by atoms with Crippen LogP contribution in [-0.4, -0.2) is 27.4 Å². The highest BCUT2D eigenvalue weighted by Crippen LogP contribution is 2.37. The van der Waals surface area contributed by atoms with Crippen molar-refractivity contribution in [2.45, 2.75) is 40.2 Å². The molecule has 0 saturated carbocycles. The molecule has 1 heterocycles. The minimum Gasteiger partial charge on any atom is -0.494 e. The lowest BCUT2D eigenvalue weighted by atomic mass is 9.96. The minimum absolute atomic E-state index is 0.0408. The van der Waals surface area contributed by atoms with Crippen molar-refractivity contribution in [3.8, 4) is 22.9 Å². The lowest BCUT2D eigenvalue weighted by Gasteiger charge is -2.18. The molecule has 0 radical (unpaired) electrons. The number of nitrogens with zero attached hydrogens (tertiary/aromatic N) is 4. The van der Waals surface area contributed by atoms with Crippen LogP contribution < -0.4 is 15.0 Å². The van der Waals surface area contributed by atoms with Crippen molar-refractivity contribution in [1.82, 2.24) is 9.66 Å². The van der Waals surface area contributed by atoms with Crippen LogP contribution in [0.1, 0.15) is 48.9 Å². The Bertz CT molecular complexity index is 2270. The summed E-state index contributed by atoms with van der Waals surface area (Å²) in [6.45, 7) is 8.60. The van der Waals surface area contributed by atoms with Gasteiger partial charge in [-0.05, 0) is 77.6 Å². The topological polar surface area (TPSA) is 109 Å². The maximum atomic E-state index is 13.9. The number of rotatable bonds is 10. The highest BCUT2D eigenvalue weighted by molar-refractivity contribution is 6.32. The predicted molar refractivity (Wildman–Crippen MR) is 191 cm³/mol. The fraction of sp³-hybridized carbons (Fsp3) is 0.184. The van der Waals surface area contributed by atoms with E-state index in [0.717, 1.165) is 33.2 Å². The van der Waals surface area contributed by atoms with E-state index in [-0.39, 0.29) is 34.5 Å². The number of aryl methyl sites for hydroxylation is 1. The summed E-state index contributed by atoms with van der Waals surface area (Å²) in [5, 5.41) is 19.2. The highest BCUT2D eigenvalue weighted by atomic mass is 35.5. The van der Waals surface area contributed by atoms with Gasteiger partial charge in [0.25, 0.3) is 5.56 Å². The molecule has 0 N–H and O–H groups in total. The Balaban J connectivity index is 1.42. The first-order valence-electron chi connectivity index (χ1n) is 15.6. The molecular formula is C38H33ClN4O5. The van der Waals surface area contributed by atoms with Crippen molar-refractivity contribution in [2.75, 3.05) is 6.61 Å². The van der Waals surface area contributed by atoms with Gasteiger partial charge < -0.3 is 9.47 Å². The van der Waals surface area contributed by atoms with Gasteiger partial charge in [0.15, 0.2) is 5.82 Å². The van der Waals surface area contributed by atoms with E-state index in [1.54, 1.807) is 18.2 Å². The molecule has 10 heteroatoms. The van der Waals surface area contributed by atoms with Gasteiger partial charge in [-0.2, -0.15) is 9.78 Å². The summed E-state index contributed by atoms with van der Waals surface area (Å²) in [6, 6.07) is 27.5. The summed E-state index contributed by atoms with van der Waals surface area (Å²) in [6.07, 6.45) is 1.36. The molecule has 48 heavy (non-hydrogen) atoms. The Hall–Kier alpha value is -5.54. The van der Waals surface area contributed by atoms with Crippen molar-refractivity contribution >= 4 is 45.2 Å². The maximum absolute atomic E-state index is 13.9. The Morgan fingerprint density at radius 3 is 2.46 bits per heavy atom. The molecule has 0 bridgehead atoms. The zero-order valence-corrected chi connectivity index (χ0v) is 27.7. The summed E-state index contributed by atoms with van der Waals surface area (Å²) < 4.78 is 13.1. The molecule has 9 nitrogen and oxygen atoms in total. The molecule has 0 aliphatic carbocycles. The third-order valence-electron chi connectivity index (χ3n) is 8.09. The van der Waals surface area contributed by atoms with Gasteiger partial charge in [0, 0.05) is 17.2 Å². The first-order chi connectivity index (χ1) is 23.2. The average Bonchev–Trinajstić information content (AvgIpc) is 3.07. The molecule has 0 unspecified atom stereocenters. The van der Waals surface area contributed by atoms with E-state index in [1.807, 2.05) is 74.5 Å². The van der Waals surface area contributed by atoms with Crippen molar-refractivity contribution in [3.63, 3.8) is 0 Å². The monoisotopic (exact) mass is 660 g/mol. The number of hydrogen-bond donors (Lipinski definition) is 0. The number of nitro benzene ring substituents is 1.